The first-order valence-corrected chi connectivity index (χ1v) is 14.9. The predicted molar refractivity (Wildman–Crippen MR) is 173 cm³/mol. The van der Waals surface area contributed by atoms with Crippen LogP contribution in [0.25, 0.3) is 11.1 Å². The van der Waals surface area contributed by atoms with Crippen LogP contribution in [0.4, 0.5) is 34.1 Å². The SMILES string of the molecule is c1cc2cc(c1)N1CN(c3ccccc31)C1(c3cnccc3-c3ccncc31)N1CN(c3cccc(c3)O2)c2ccccc21. The van der Waals surface area contributed by atoms with Crippen molar-refractivity contribution in [3.05, 3.63) is 145 Å². The molecule has 6 aromatic rings. The first-order chi connectivity index (χ1) is 21.8. The van der Waals surface area contributed by atoms with Gasteiger partial charge in [0.05, 0.1) is 36.1 Å². The van der Waals surface area contributed by atoms with Crippen LogP contribution in [0.2, 0.25) is 0 Å². The number of anilines is 6. The minimum Gasteiger partial charge on any atom is -0.457 e. The molecule has 44 heavy (non-hydrogen) atoms. The lowest BCUT2D eigenvalue weighted by atomic mass is 9.93. The normalized spacial score (nSPS) is 16.2. The van der Waals surface area contributed by atoms with Gasteiger partial charge in [0.15, 0.2) is 5.66 Å². The Kier molecular flexibility index (Phi) is 4.64. The third-order valence-corrected chi connectivity index (χ3v) is 9.45. The molecule has 0 unspecified atom stereocenters. The largest absolute Gasteiger partial charge is 0.457 e. The van der Waals surface area contributed by atoms with Crippen LogP contribution >= 0.6 is 0 Å². The summed E-state index contributed by atoms with van der Waals surface area (Å²) in [5.74, 6) is 1.60. The number of aromatic nitrogens is 2. The van der Waals surface area contributed by atoms with Gasteiger partial charge in [-0.15, -0.1) is 0 Å². The first kappa shape index (κ1) is 23.7. The minimum atomic E-state index is -0.737. The molecule has 0 saturated carbocycles. The predicted octanol–water partition coefficient (Wildman–Crippen LogP) is 8.00. The van der Waals surface area contributed by atoms with Gasteiger partial charge in [-0.05, 0) is 71.8 Å². The zero-order valence-electron chi connectivity index (χ0n) is 23.7. The Morgan fingerprint density at radius 3 is 1.50 bits per heavy atom. The van der Waals surface area contributed by atoms with E-state index in [1.54, 1.807) is 0 Å². The van der Waals surface area contributed by atoms with Gasteiger partial charge >= 0.3 is 0 Å². The molecular formula is C37H26N6O. The van der Waals surface area contributed by atoms with Gasteiger partial charge in [0, 0.05) is 59.4 Å². The van der Waals surface area contributed by atoms with E-state index in [1.807, 2.05) is 24.5 Å². The maximum absolute atomic E-state index is 6.48. The van der Waals surface area contributed by atoms with Crippen LogP contribution in [-0.2, 0) is 5.66 Å². The lowest BCUT2D eigenvalue weighted by molar-refractivity contribution is 0.467. The molecule has 10 rings (SSSR count). The maximum atomic E-state index is 6.48. The van der Waals surface area contributed by atoms with Crippen molar-refractivity contribution < 1.29 is 4.74 Å². The zero-order valence-corrected chi connectivity index (χ0v) is 23.7. The van der Waals surface area contributed by atoms with Gasteiger partial charge in [0.2, 0.25) is 0 Å². The highest BCUT2D eigenvalue weighted by Crippen LogP contribution is 2.60. The molecular weight excluding hydrogens is 544 g/mol. The fourth-order valence-electron chi connectivity index (χ4n) is 7.68. The summed E-state index contributed by atoms with van der Waals surface area (Å²) in [5.41, 5.74) is 10.7. The zero-order chi connectivity index (χ0) is 28.8. The molecule has 210 valence electrons. The molecule has 8 bridgehead atoms. The number of para-hydroxylation sites is 4. The van der Waals surface area contributed by atoms with Crippen LogP contribution in [0, 0.1) is 0 Å². The molecule has 0 radical (unpaired) electrons. The average molecular weight is 571 g/mol. The highest BCUT2D eigenvalue weighted by molar-refractivity contribution is 5.93. The highest BCUT2D eigenvalue weighted by Gasteiger charge is 2.57. The number of nitrogens with zero attached hydrogens (tertiary/aromatic N) is 6. The van der Waals surface area contributed by atoms with Crippen molar-refractivity contribution in [2.45, 2.75) is 5.66 Å². The van der Waals surface area contributed by atoms with Gasteiger partial charge < -0.3 is 24.3 Å². The Morgan fingerprint density at radius 2 is 1.00 bits per heavy atom. The van der Waals surface area contributed by atoms with Crippen molar-refractivity contribution in [1.29, 1.82) is 0 Å². The summed E-state index contributed by atoms with van der Waals surface area (Å²) in [4.78, 5) is 19.4. The molecule has 3 aliphatic heterocycles. The van der Waals surface area contributed by atoms with Gasteiger partial charge in [0.25, 0.3) is 0 Å². The topological polar surface area (TPSA) is 48.0 Å². The molecule has 2 aromatic heterocycles. The highest BCUT2D eigenvalue weighted by atomic mass is 16.5. The monoisotopic (exact) mass is 570 g/mol. The van der Waals surface area contributed by atoms with Gasteiger partial charge in [-0.3, -0.25) is 9.97 Å². The lowest BCUT2D eigenvalue weighted by Crippen LogP contribution is -2.59. The Labute approximate surface area is 254 Å². The quantitative estimate of drug-likeness (QED) is 0.183. The molecule has 0 N–H and O–H groups in total. The number of hydrogen-bond donors (Lipinski definition) is 0. The summed E-state index contributed by atoms with van der Waals surface area (Å²) in [5, 5.41) is 0. The second-order valence-electron chi connectivity index (χ2n) is 11.6. The molecule has 5 heterocycles. The second kappa shape index (κ2) is 8.61. The average Bonchev–Trinajstić information content (AvgIpc) is 3.74. The molecule has 0 saturated heterocycles. The number of fused-ring (bicyclic) bond motifs is 23. The van der Waals surface area contributed by atoms with Gasteiger partial charge in [-0.1, -0.05) is 36.4 Å². The summed E-state index contributed by atoms with van der Waals surface area (Å²) < 4.78 is 6.48. The van der Waals surface area contributed by atoms with Crippen LogP contribution in [-0.4, -0.2) is 23.3 Å². The summed E-state index contributed by atoms with van der Waals surface area (Å²) in [7, 11) is 0. The second-order valence-corrected chi connectivity index (χ2v) is 11.6. The van der Waals surface area contributed by atoms with E-state index < -0.39 is 5.66 Å². The number of rotatable bonds is 0. The lowest BCUT2D eigenvalue weighted by Gasteiger charge is -2.49. The smallest absolute Gasteiger partial charge is 0.173 e. The van der Waals surface area contributed by atoms with Crippen molar-refractivity contribution in [2.24, 2.45) is 0 Å². The van der Waals surface area contributed by atoms with Crippen LogP contribution in [0.15, 0.2) is 134 Å². The fraction of sp³-hybridized carbons (Fsp3) is 0.0811. The molecule has 1 aliphatic carbocycles. The van der Waals surface area contributed by atoms with Crippen LogP contribution < -0.4 is 24.3 Å². The third kappa shape index (κ3) is 3.00. The van der Waals surface area contributed by atoms with E-state index in [-0.39, 0.29) is 0 Å². The first-order valence-electron chi connectivity index (χ1n) is 14.9. The molecule has 7 nitrogen and oxygen atoms in total. The summed E-state index contributed by atoms with van der Waals surface area (Å²) >= 11 is 0. The molecule has 1 spiro atoms. The van der Waals surface area contributed by atoms with Crippen molar-refractivity contribution in [1.82, 2.24) is 9.97 Å². The molecule has 4 aromatic carbocycles. The number of benzene rings is 4. The van der Waals surface area contributed by atoms with Crippen LogP contribution in [0.3, 0.4) is 0 Å². The summed E-state index contributed by atoms with van der Waals surface area (Å²) in [6.07, 6.45) is 7.92. The Balaban J connectivity index is 1.34. The Hall–Kier alpha value is -5.82. The van der Waals surface area contributed by atoms with E-state index in [4.69, 9.17) is 14.7 Å². The van der Waals surface area contributed by atoms with Gasteiger partial charge in [-0.2, -0.15) is 0 Å². The Bertz CT molecular complexity index is 1980. The molecule has 0 atom stereocenters. The van der Waals surface area contributed by atoms with Crippen LogP contribution in [0.1, 0.15) is 11.1 Å². The van der Waals surface area contributed by atoms with Crippen molar-refractivity contribution >= 4 is 34.1 Å². The molecule has 7 heteroatoms. The van der Waals surface area contributed by atoms with Crippen molar-refractivity contribution in [3.8, 4) is 22.6 Å². The van der Waals surface area contributed by atoms with Crippen molar-refractivity contribution in [2.75, 3.05) is 32.9 Å². The molecule has 4 aliphatic rings. The third-order valence-electron chi connectivity index (χ3n) is 9.45. The van der Waals surface area contributed by atoms with E-state index in [0.717, 1.165) is 56.8 Å². The van der Waals surface area contributed by atoms with E-state index >= 15 is 0 Å². The van der Waals surface area contributed by atoms with Gasteiger partial charge in [-0.25, -0.2) is 0 Å². The van der Waals surface area contributed by atoms with E-state index in [9.17, 15) is 0 Å². The summed E-state index contributed by atoms with van der Waals surface area (Å²) in [6.45, 7) is 1.24. The number of ether oxygens (including phenoxy) is 1. The molecule has 0 amide bonds. The van der Waals surface area contributed by atoms with E-state index in [2.05, 4.69) is 129 Å². The van der Waals surface area contributed by atoms with Crippen LogP contribution in [0.5, 0.6) is 11.5 Å². The maximum Gasteiger partial charge on any atom is 0.173 e. The van der Waals surface area contributed by atoms with Crippen molar-refractivity contribution in [3.63, 3.8) is 0 Å². The van der Waals surface area contributed by atoms with E-state index in [0.29, 0.717) is 13.3 Å². The number of hydrogen-bond acceptors (Lipinski definition) is 7. The summed E-state index contributed by atoms with van der Waals surface area (Å²) in [6, 6.07) is 38.5. The number of pyridine rings is 2. The standard InChI is InChI=1S/C37H26N6O/c1-3-13-35-33(11-1)40-23-42(35)37(31-21-38-17-15-29(31)30-16-18-39-22-32(30)37)43-24-41(34-12-2-4-14-36(34)43)26-8-6-10-28(20-26)44-27-9-5-7-25(40)19-27/h1-22H,23-24H2. The fourth-order valence-corrected chi connectivity index (χ4v) is 7.68. The minimum absolute atomic E-state index is 0.620. The van der Waals surface area contributed by atoms with Gasteiger partial charge in [0.1, 0.15) is 11.5 Å². The van der Waals surface area contributed by atoms with E-state index in [1.165, 1.54) is 11.1 Å². The Morgan fingerprint density at radius 1 is 0.523 bits per heavy atom. The molecule has 0 fully saturated rings.